The molecule has 8 aliphatic heterocycles. The Morgan fingerprint density at radius 2 is 0.628 bits per heavy atom. The fourth-order valence-electron chi connectivity index (χ4n) is 16.1. The zero-order valence-electron chi connectivity index (χ0n) is 79.3. The molecule has 0 amide bonds. The second-order valence-electron chi connectivity index (χ2n) is 28.2. The van der Waals surface area contributed by atoms with Crippen molar-refractivity contribution in [1.82, 2.24) is 19.6 Å². The monoisotopic (exact) mass is 1330 g/mol. The highest BCUT2D eigenvalue weighted by atomic mass is 16.5. The minimum Gasteiger partial charge on any atom is -0.493 e. The lowest BCUT2D eigenvalue weighted by Crippen LogP contribution is -2.48. The average Bonchev–Trinajstić information content (AvgIpc) is 0.723. The molecule has 8 heterocycles. The van der Waals surface area contributed by atoms with E-state index < -0.39 is 95.1 Å². The first-order valence-electron chi connectivity index (χ1n) is 44.5. The summed E-state index contributed by atoms with van der Waals surface area (Å²) >= 11 is 0. The third-order valence-corrected chi connectivity index (χ3v) is 20.4. The van der Waals surface area contributed by atoms with E-state index in [-0.39, 0.29) is 67.5 Å². The second-order valence-corrected chi connectivity index (χ2v) is 28.2. The molecule has 524 valence electrons. The minimum absolute atomic E-state index is 0.00872. The molecule has 4 fully saturated rings. The fourth-order valence-corrected chi connectivity index (χ4v) is 16.1. The van der Waals surface area contributed by atoms with Crippen molar-refractivity contribution in [2.75, 3.05) is 109 Å². The van der Waals surface area contributed by atoms with E-state index in [4.69, 9.17) is 68.1 Å². The van der Waals surface area contributed by atoms with Gasteiger partial charge in [-0.15, -0.1) is 0 Å². The van der Waals surface area contributed by atoms with Gasteiger partial charge in [-0.05, 0) is 216 Å². The zero-order chi connectivity index (χ0) is 86.7. The van der Waals surface area contributed by atoms with E-state index >= 15 is 0 Å². The molecule has 12 rings (SSSR count). The van der Waals surface area contributed by atoms with Crippen molar-refractivity contribution in [2.24, 2.45) is 46.3 Å². The quantitative estimate of drug-likeness (QED) is 0.0940. The predicted molar refractivity (Wildman–Crippen MR) is 374 cm³/mol. The molecule has 0 aromatic heterocycles. The van der Waals surface area contributed by atoms with Crippen LogP contribution in [0.5, 0.6) is 46.0 Å². The van der Waals surface area contributed by atoms with Crippen LogP contribution in [0.4, 0.5) is 0 Å². The molecular formula is C78H120N4O12. The second kappa shape index (κ2) is 31.7. The number of hydrogen-bond donors (Lipinski definition) is 4. The van der Waals surface area contributed by atoms with Crippen LogP contribution in [0, 0.1) is 46.3 Å². The van der Waals surface area contributed by atoms with Crippen LogP contribution in [0.1, 0.15) is 219 Å². The maximum Gasteiger partial charge on any atom is 0.161 e. The summed E-state index contributed by atoms with van der Waals surface area (Å²) in [5, 5.41) is 43.3. The van der Waals surface area contributed by atoms with Gasteiger partial charge in [0.2, 0.25) is 0 Å². The largest absolute Gasteiger partial charge is 0.493 e. The molecule has 0 aliphatic carbocycles. The highest BCUT2D eigenvalue weighted by Crippen LogP contribution is 2.49. The minimum atomic E-state index is -3.15. The van der Waals surface area contributed by atoms with Gasteiger partial charge in [0.05, 0.1) is 89.4 Å². The van der Waals surface area contributed by atoms with Gasteiger partial charge in [0.25, 0.3) is 0 Å². The fraction of sp³-hybridized carbons (Fsp3) is 0.692. The Morgan fingerprint density at radius 3 is 0.862 bits per heavy atom. The normalized spacial score (nSPS) is 32.0. The van der Waals surface area contributed by atoms with Crippen LogP contribution in [0.15, 0.2) is 48.5 Å². The van der Waals surface area contributed by atoms with Gasteiger partial charge in [0.15, 0.2) is 46.0 Å². The summed E-state index contributed by atoms with van der Waals surface area (Å²) < 4.78 is 216. The molecule has 0 bridgehead atoms. The van der Waals surface area contributed by atoms with Crippen molar-refractivity contribution in [2.45, 2.75) is 194 Å². The van der Waals surface area contributed by atoms with Gasteiger partial charge in [-0.3, -0.25) is 19.6 Å². The molecule has 4 aromatic rings. The Hall–Kier alpha value is -5.04. The SMILES string of the molecule is COc1cc2c(cc1OC)C1CC(O)C(CC(C)C)CN1CC2.[2H]C([2H])([2H])C(C)(C([2H])([2H])[2H])C([2H])([2H])C1CN2CCc3cc(OC)c(OC)cc3C2CC1O.[2H]C([2H])([2H])Oc1cc2c(cc1OC)CCN1CC(C([2H])([2H])C(C)(C([2H])([2H])[2H])C([2H])([2H])[2H])C(O)CC21.[2H]C([2H])([2H])Oc1cc2c(cc1OC)CCN1CC(CC(C)C)C(O)CC21. The smallest absolute Gasteiger partial charge is 0.161 e. The van der Waals surface area contributed by atoms with Crippen LogP contribution < -0.4 is 37.9 Å². The van der Waals surface area contributed by atoms with E-state index in [1.54, 1.807) is 39.5 Å². The summed E-state index contributed by atoms with van der Waals surface area (Å²) in [6, 6.07) is 14.7. The Bertz CT molecular complexity index is 3980. The Balaban J connectivity index is 0.000000179. The summed E-state index contributed by atoms with van der Waals surface area (Å²) in [4.78, 5) is 8.85. The van der Waals surface area contributed by atoms with Crippen LogP contribution >= 0.6 is 0 Å². The van der Waals surface area contributed by atoms with E-state index in [1.807, 2.05) is 28.0 Å². The summed E-state index contributed by atoms with van der Waals surface area (Å²) in [5.74, 6) is 3.14. The Labute approximate surface area is 595 Å². The standard InChI is InChI=1S/2C20H31NO3.2C19H29NO3/c2*1-20(2,3)11-14-12-21-7-6-13-8-18(23-4)19(24-5)9-15(13)16(21)10-17(14)22;2*1-12(2)7-14-11-20-6-5-13-8-18(22-3)19(23-4)9-15(13)16(20)10-17(14)21/h2*8-9,14,16-17,22H,6-7,10-12H2,1-5H3;2*8-9,12,14,16-17,21H,5-7,10-11H2,1-4H3/i1D3,2D3,5D3,11D2;1D3,2D3,11D2;4D3;. The molecule has 12 unspecified atom stereocenters. The molecule has 4 saturated heterocycles. The van der Waals surface area contributed by atoms with Crippen LogP contribution in [-0.2, 0) is 25.7 Å². The Kier molecular flexibility index (Phi) is 16.4. The highest BCUT2D eigenvalue weighted by molar-refractivity contribution is 5.53. The van der Waals surface area contributed by atoms with Gasteiger partial charge in [0, 0.05) is 98.5 Å². The first kappa shape index (κ1) is 48.6. The molecule has 4 N–H and O–H groups in total. The molecule has 16 nitrogen and oxygen atoms in total. The number of nitrogens with zero attached hydrogens (tertiary/aromatic N) is 4. The molecule has 0 radical (unpaired) electrons. The number of aliphatic hydroxyl groups is 4. The first-order chi connectivity index (χ1) is 53.5. The lowest BCUT2D eigenvalue weighted by molar-refractivity contribution is -0.0259. The summed E-state index contributed by atoms with van der Waals surface area (Å²) in [6.45, 7) is 3.14. The van der Waals surface area contributed by atoms with Crippen molar-refractivity contribution in [3.05, 3.63) is 93.0 Å². The number of aliphatic hydroxyl groups excluding tert-OH is 4. The summed E-state index contributed by atoms with van der Waals surface area (Å²) in [5.41, 5.74) is 3.04. The maximum atomic E-state index is 11.0. The van der Waals surface area contributed by atoms with Crippen molar-refractivity contribution in [3.8, 4) is 46.0 Å². The van der Waals surface area contributed by atoms with Gasteiger partial charge in [0.1, 0.15) is 0 Å². The van der Waals surface area contributed by atoms with Crippen LogP contribution in [0.25, 0.3) is 0 Å². The number of fused-ring (bicyclic) bond motifs is 12. The van der Waals surface area contributed by atoms with Crippen molar-refractivity contribution < 1.29 is 88.5 Å². The topological polar surface area (TPSA) is 168 Å². The third-order valence-electron chi connectivity index (χ3n) is 20.4. The van der Waals surface area contributed by atoms with E-state index in [1.165, 1.54) is 32.5 Å². The lowest BCUT2D eigenvalue weighted by Gasteiger charge is -2.47. The molecule has 12 atom stereocenters. The van der Waals surface area contributed by atoms with Gasteiger partial charge < -0.3 is 58.3 Å². The van der Waals surface area contributed by atoms with Crippen LogP contribution in [0.3, 0.4) is 0 Å². The number of hydrogen-bond acceptors (Lipinski definition) is 16. The summed E-state index contributed by atoms with van der Waals surface area (Å²) in [7, 11) is 4.14. The van der Waals surface area contributed by atoms with Gasteiger partial charge >= 0.3 is 0 Å². The third kappa shape index (κ3) is 17.3. The molecule has 16 heteroatoms. The molecular weight excluding hydrogens is 1180 g/mol. The molecule has 0 saturated carbocycles. The number of piperidine rings is 4. The van der Waals surface area contributed by atoms with E-state index in [0.29, 0.717) is 84.9 Å². The van der Waals surface area contributed by atoms with Gasteiger partial charge in [-0.2, -0.15) is 0 Å². The van der Waals surface area contributed by atoms with Crippen molar-refractivity contribution >= 4 is 0 Å². The Morgan fingerprint density at radius 1 is 0.394 bits per heavy atom. The number of methoxy groups -OCH3 is 8. The number of benzene rings is 4. The molecule has 4 aromatic carbocycles. The van der Waals surface area contributed by atoms with Crippen LogP contribution in [-0.4, -0.2) is 174 Å². The molecule has 0 spiro atoms. The van der Waals surface area contributed by atoms with Crippen molar-refractivity contribution in [1.29, 1.82) is 0 Å². The van der Waals surface area contributed by atoms with E-state index in [9.17, 15) is 20.4 Å². The number of rotatable bonds is 14. The maximum absolute atomic E-state index is 11.0. The lowest BCUT2D eigenvalue weighted by atomic mass is 9.75. The van der Waals surface area contributed by atoms with Crippen molar-refractivity contribution in [3.63, 3.8) is 0 Å². The van der Waals surface area contributed by atoms with Crippen LogP contribution in [0.2, 0.25) is 0 Å². The summed E-state index contributed by atoms with van der Waals surface area (Å²) in [6.07, 6.45) is -1.65. The predicted octanol–water partition coefficient (Wildman–Crippen LogP) is 12.9. The van der Waals surface area contributed by atoms with Gasteiger partial charge in [-0.1, -0.05) is 68.9 Å². The average molecular weight is 1330 g/mol. The first-order valence-corrected chi connectivity index (χ1v) is 33.5. The molecule has 8 aliphatic rings. The highest BCUT2D eigenvalue weighted by Gasteiger charge is 2.44. The van der Waals surface area contributed by atoms with E-state index in [2.05, 4.69) is 49.6 Å². The van der Waals surface area contributed by atoms with E-state index in [0.717, 1.165) is 111 Å². The zero-order valence-corrected chi connectivity index (χ0v) is 57.3. The number of ether oxygens (including phenoxy) is 8. The van der Waals surface area contributed by atoms with Gasteiger partial charge in [-0.25, -0.2) is 0 Å². The molecule has 94 heavy (non-hydrogen) atoms.